The first kappa shape index (κ1) is 13.8. The number of fused-ring (bicyclic) bond motifs is 1. The first-order valence-electron chi connectivity index (χ1n) is 7.77. The van der Waals surface area contributed by atoms with E-state index in [0.717, 1.165) is 43.7 Å². The van der Waals surface area contributed by atoms with Crippen LogP contribution in [0.5, 0.6) is 0 Å². The van der Waals surface area contributed by atoms with Gasteiger partial charge in [-0.1, -0.05) is 18.9 Å². The Balaban J connectivity index is 1.72. The van der Waals surface area contributed by atoms with Crippen LogP contribution in [0.25, 0.3) is 0 Å². The molecule has 1 saturated carbocycles. The van der Waals surface area contributed by atoms with Crippen molar-refractivity contribution in [3.05, 3.63) is 23.9 Å². The van der Waals surface area contributed by atoms with Gasteiger partial charge in [0.15, 0.2) is 0 Å². The average Bonchev–Trinajstić information content (AvgIpc) is 2.46. The normalized spacial score (nSPS) is 31.8. The molecule has 3 rings (SSSR count). The number of aliphatic hydroxyl groups is 1. The summed E-state index contributed by atoms with van der Waals surface area (Å²) in [4.78, 5) is 6.86. The van der Waals surface area contributed by atoms with Gasteiger partial charge in [-0.3, -0.25) is 0 Å². The molecule has 4 heteroatoms. The molecule has 0 aromatic carbocycles. The lowest BCUT2D eigenvalue weighted by molar-refractivity contribution is -0.0613. The molecule has 110 valence electrons. The third kappa shape index (κ3) is 2.54. The summed E-state index contributed by atoms with van der Waals surface area (Å²) < 4.78 is 0. The van der Waals surface area contributed by atoms with E-state index in [9.17, 15) is 5.11 Å². The number of pyridine rings is 1. The Morgan fingerprint density at radius 2 is 2.25 bits per heavy atom. The summed E-state index contributed by atoms with van der Waals surface area (Å²) in [5.74, 6) is 1.42. The minimum atomic E-state index is -0.416. The molecule has 3 atom stereocenters. The monoisotopic (exact) mass is 275 g/mol. The second-order valence-electron chi connectivity index (χ2n) is 6.48. The van der Waals surface area contributed by atoms with Crippen LogP contribution in [0.2, 0.25) is 0 Å². The van der Waals surface area contributed by atoms with Crippen LogP contribution in [0.3, 0.4) is 0 Å². The van der Waals surface area contributed by atoms with Crippen LogP contribution in [0, 0.1) is 5.92 Å². The van der Waals surface area contributed by atoms with Gasteiger partial charge in [0, 0.05) is 31.2 Å². The highest BCUT2D eigenvalue weighted by molar-refractivity contribution is 5.41. The molecule has 0 radical (unpaired) electrons. The smallest absolute Gasteiger partial charge is 0.128 e. The van der Waals surface area contributed by atoms with Crippen molar-refractivity contribution in [2.24, 2.45) is 11.7 Å². The molecule has 0 bridgehead atoms. The zero-order valence-corrected chi connectivity index (χ0v) is 12.3. The predicted octanol–water partition coefficient (Wildman–Crippen LogP) is 2.23. The van der Waals surface area contributed by atoms with E-state index in [1.165, 1.54) is 12.8 Å². The van der Waals surface area contributed by atoms with Crippen molar-refractivity contribution < 1.29 is 5.11 Å². The first-order chi connectivity index (χ1) is 9.58. The molecule has 4 nitrogen and oxygen atoms in total. The van der Waals surface area contributed by atoms with Gasteiger partial charge in [0.2, 0.25) is 0 Å². The molecule has 20 heavy (non-hydrogen) atoms. The van der Waals surface area contributed by atoms with E-state index in [-0.39, 0.29) is 6.04 Å². The fraction of sp³-hybridized carbons (Fsp3) is 0.688. The molecule has 0 amide bonds. The lowest BCUT2D eigenvalue weighted by atomic mass is 9.71. The standard InChI is InChI=1S/C16H25N3O/c1-12(17)13-5-6-15(18-10-13)19-9-8-16(20)7-3-2-4-14(16)11-19/h5-6,10,12,14,20H,2-4,7-9,11,17H2,1H3/t12-,14?,16?/m1/s1. The maximum absolute atomic E-state index is 10.7. The van der Waals surface area contributed by atoms with Crippen LogP contribution in [0.4, 0.5) is 5.82 Å². The van der Waals surface area contributed by atoms with Gasteiger partial charge < -0.3 is 15.7 Å². The molecule has 2 unspecified atom stereocenters. The van der Waals surface area contributed by atoms with Crippen molar-refractivity contribution in [3.8, 4) is 0 Å². The molecule has 1 aromatic rings. The molecule has 0 spiro atoms. The fourth-order valence-electron chi connectivity index (χ4n) is 3.63. The van der Waals surface area contributed by atoms with Crippen molar-refractivity contribution >= 4 is 5.82 Å². The van der Waals surface area contributed by atoms with Crippen molar-refractivity contribution in [1.82, 2.24) is 4.98 Å². The third-order valence-electron chi connectivity index (χ3n) is 5.05. The van der Waals surface area contributed by atoms with E-state index < -0.39 is 5.60 Å². The SMILES string of the molecule is C[C@@H](N)c1ccc(N2CCC3(O)CCCCC3C2)nc1. The Morgan fingerprint density at radius 1 is 1.40 bits per heavy atom. The van der Waals surface area contributed by atoms with Crippen LogP contribution in [-0.2, 0) is 0 Å². The van der Waals surface area contributed by atoms with Crippen LogP contribution in [0.1, 0.15) is 50.6 Å². The molecule has 1 aromatic heterocycles. The van der Waals surface area contributed by atoms with Gasteiger partial charge in [0.05, 0.1) is 5.60 Å². The summed E-state index contributed by atoms with van der Waals surface area (Å²) in [6.07, 6.45) is 7.29. The number of hydrogen-bond acceptors (Lipinski definition) is 4. The largest absolute Gasteiger partial charge is 0.389 e. The van der Waals surface area contributed by atoms with Crippen molar-refractivity contribution in [1.29, 1.82) is 0 Å². The van der Waals surface area contributed by atoms with E-state index in [1.54, 1.807) is 0 Å². The highest BCUT2D eigenvalue weighted by Gasteiger charge is 2.42. The molecule has 2 heterocycles. The Hall–Kier alpha value is -1.13. The predicted molar refractivity (Wildman–Crippen MR) is 80.6 cm³/mol. The van der Waals surface area contributed by atoms with Gasteiger partial charge >= 0.3 is 0 Å². The fourth-order valence-corrected chi connectivity index (χ4v) is 3.63. The summed E-state index contributed by atoms with van der Waals surface area (Å²) in [7, 11) is 0. The number of rotatable bonds is 2. The van der Waals surface area contributed by atoms with Crippen molar-refractivity contribution in [2.45, 2.75) is 50.7 Å². The number of anilines is 1. The van der Waals surface area contributed by atoms with E-state index in [4.69, 9.17) is 5.73 Å². The van der Waals surface area contributed by atoms with Gasteiger partial charge in [-0.25, -0.2) is 4.98 Å². The lowest BCUT2D eigenvalue weighted by Crippen LogP contribution is -2.53. The van der Waals surface area contributed by atoms with Crippen LogP contribution in [-0.4, -0.2) is 28.8 Å². The summed E-state index contributed by atoms with van der Waals surface area (Å²) >= 11 is 0. The van der Waals surface area contributed by atoms with E-state index in [0.29, 0.717) is 5.92 Å². The highest BCUT2D eigenvalue weighted by Crippen LogP contribution is 2.40. The number of piperidine rings is 1. The van der Waals surface area contributed by atoms with Gasteiger partial charge in [0.1, 0.15) is 5.82 Å². The van der Waals surface area contributed by atoms with Gasteiger partial charge in [-0.05, 0) is 37.8 Å². The topological polar surface area (TPSA) is 62.4 Å². The molecular weight excluding hydrogens is 250 g/mol. The Bertz CT molecular complexity index is 459. The molecule has 1 aliphatic heterocycles. The number of aromatic nitrogens is 1. The first-order valence-corrected chi connectivity index (χ1v) is 7.77. The van der Waals surface area contributed by atoms with E-state index in [2.05, 4.69) is 22.0 Å². The Labute approximate surface area is 121 Å². The third-order valence-corrected chi connectivity index (χ3v) is 5.05. The molecule has 1 aliphatic carbocycles. The quantitative estimate of drug-likeness (QED) is 0.869. The molecule has 2 fully saturated rings. The minimum Gasteiger partial charge on any atom is -0.389 e. The van der Waals surface area contributed by atoms with Gasteiger partial charge in [0.25, 0.3) is 0 Å². The molecular formula is C16H25N3O. The zero-order valence-electron chi connectivity index (χ0n) is 12.3. The molecule has 3 N–H and O–H groups in total. The maximum atomic E-state index is 10.7. The number of hydrogen-bond donors (Lipinski definition) is 2. The number of nitrogens with zero attached hydrogens (tertiary/aromatic N) is 2. The second-order valence-corrected chi connectivity index (χ2v) is 6.48. The summed E-state index contributed by atoms with van der Waals surface area (Å²) in [6.45, 7) is 3.80. The summed E-state index contributed by atoms with van der Waals surface area (Å²) in [5.41, 5.74) is 6.51. The summed E-state index contributed by atoms with van der Waals surface area (Å²) in [6, 6.07) is 4.15. The highest BCUT2D eigenvalue weighted by atomic mass is 16.3. The van der Waals surface area contributed by atoms with Crippen LogP contribution >= 0.6 is 0 Å². The Kier molecular flexibility index (Phi) is 3.69. The van der Waals surface area contributed by atoms with Gasteiger partial charge in [-0.2, -0.15) is 0 Å². The van der Waals surface area contributed by atoms with Crippen LogP contribution < -0.4 is 10.6 Å². The van der Waals surface area contributed by atoms with Crippen molar-refractivity contribution in [2.75, 3.05) is 18.0 Å². The van der Waals surface area contributed by atoms with Crippen LogP contribution in [0.15, 0.2) is 18.3 Å². The molecule has 1 saturated heterocycles. The van der Waals surface area contributed by atoms with Gasteiger partial charge in [-0.15, -0.1) is 0 Å². The second kappa shape index (κ2) is 5.34. The van der Waals surface area contributed by atoms with E-state index in [1.807, 2.05) is 13.1 Å². The average molecular weight is 275 g/mol. The lowest BCUT2D eigenvalue weighted by Gasteiger charge is -2.47. The molecule has 2 aliphatic rings. The summed E-state index contributed by atoms with van der Waals surface area (Å²) in [5, 5.41) is 10.7. The van der Waals surface area contributed by atoms with E-state index >= 15 is 0 Å². The van der Waals surface area contributed by atoms with Crippen molar-refractivity contribution in [3.63, 3.8) is 0 Å². The Morgan fingerprint density at radius 3 is 2.95 bits per heavy atom. The minimum absolute atomic E-state index is 0.0290. The maximum Gasteiger partial charge on any atom is 0.128 e. The number of nitrogens with two attached hydrogens (primary N) is 1. The zero-order chi connectivity index (χ0) is 14.2.